The van der Waals surface area contributed by atoms with Crippen molar-refractivity contribution in [1.82, 2.24) is 61.7 Å². The zero-order valence-corrected chi connectivity index (χ0v) is 71.8. The average molecular weight is 1830 g/mol. The summed E-state index contributed by atoms with van der Waals surface area (Å²) in [4.78, 5) is 130. The zero-order valence-electron chi connectivity index (χ0n) is 66.5. The van der Waals surface area contributed by atoms with E-state index in [0.717, 1.165) is 27.4 Å². The van der Waals surface area contributed by atoms with E-state index in [4.69, 9.17) is 84.0 Å². The maximum Gasteiger partial charge on any atom is 0.328 e. The molecule has 13 N–H and O–H groups in total. The molecule has 9 aromatic rings. The van der Waals surface area contributed by atoms with Gasteiger partial charge in [0.25, 0.3) is 35.4 Å². The molecule has 0 radical (unpaired) electrons. The highest BCUT2D eigenvalue weighted by molar-refractivity contribution is 7.12. The highest BCUT2D eigenvalue weighted by Gasteiger charge is 2.36. The molecule has 124 heavy (non-hydrogen) atoms. The molecular formula is C84H84Cl6N16O17S. The van der Waals surface area contributed by atoms with E-state index in [1.165, 1.54) is 17.4 Å². The predicted molar refractivity (Wildman–Crippen MR) is 463 cm³/mol. The lowest BCUT2D eigenvalue weighted by Crippen LogP contribution is -2.50. The van der Waals surface area contributed by atoms with Crippen molar-refractivity contribution in [2.45, 2.75) is 102 Å². The number of furan rings is 1. The number of nitriles is 2. The number of rotatable bonds is 26. The minimum Gasteiger partial charge on any atom is -0.508 e. The second kappa shape index (κ2) is 43.1. The summed E-state index contributed by atoms with van der Waals surface area (Å²) in [5, 5.41) is 103. The number of aromatic nitrogens is 2. The van der Waals surface area contributed by atoms with Crippen molar-refractivity contribution in [2.24, 2.45) is 15.9 Å². The van der Waals surface area contributed by atoms with Gasteiger partial charge in [0.1, 0.15) is 35.3 Å². The first-order valence-corrected chi connectivity index (χ1v) is 42.0. The van der Waals surface area contributed by atoms with Gasteiger partial charge in [0.2, 0.25) is 5.96 Å². The standard InChI is InChI=1S/C30H30Cl2N6O6.C28H33Cl2N5O6.C26H21Cl2N5O5S/c1-16-8-19(39)14-38(12-16)30(35-15-33)34-11-22(29(42)43)36-27(40)25-21(31)9-18-13-37(7-6-20(18)26(25)32)28(41)24-10-17-4-2-3-5-23(17)44-24;1-41-11-3-6-24(33-16-31)32-14-22(28(39)40)34-27(38)25-21(29)13-18-15-35(9-7-20(18)26(25)30)10-8-23(37)17-4-2-5-19(36)12-17;27-17-8-15-12-33(25(36)13-3-4-14-10-30-32-18(14)9-13)6-5-16(15)22(28)21(17)24(35)31-19(26(37)38)11-29-23(34)20-2-1-7-39-20/h2-5,9-10,16,19,22,39H,6-8,11-14H2,1H3,(H,34,35)(H,36,40)(H,42,43);2,4-5,12-13,22-23,36-37H,3,6-11,14-15H2,1H3,(H,32,33)(H,34,38)(H,39,40);1-4,7-10,19H,5-6,11-12H2,(H,29,34)(H,30,32)(H,31,35)(H,37,38)/t16-,19+,22-;22-,23?;19-/m000/s1. The van der Waals surface area contributed by atoms with Gasteiger partial charge < -0.3 is 75.8 Å². The van der Waals surface area contributed by atoms with Gasteiger partial charge in [-0.25, -0.2) is 19.4 Å². The maximum atomic E-state index is 13.3. The number of hydrogen-bond acceptors (Lipinski definition) is 21. The van der Waals surface area contributed by atoms with Crippen molar-refractivity contribution in [1.29, 1.82) is 10.5 Å². The first-order chi connectivity index (χ1) is 59.4. The number of guanidine groups is 1. The lowest BCUT2D eigenvalue weighted by Gasteiger charge is -2.35. The minimum atomic E-state index is -1.47. The molecule has 6 aromatic carbocycles. The number of aliphatic hydroxyl groups is 2. The molecule has 0 aliphatic carbocycles. The number of hydrogen-bond donors (Lipinski definition) is 13. The molecule has 1 fully saturated rings. The third-order valence-electron chi connectivity index (χ3n) is 20.8. The molecular weight excluding hydrogens is 1750 g/mol. The second-order valence-corrected chi connectivity index (χ2v) is 32.8. The molecule has 1 saturated heterocycles. The highest BCUT2D eigenvalue weighted by Crippen LogP contribution is 2.39. The van der Waals surface area contributed by atoms with E-state index in [2.05, 4.69) is 57.0 Å². The summed E-state index contributed by atoms with van der Waals surface area (Å²) in [5.74, 6) is -6.38. The number of thiophene rings is 1. The highest BCUT2D eigenvalue weighted by atomic mass is 35.5. The van der Waals surface area contributed by atoms with Crippen molar-refractivity contribution < 1.29 is 82.9 Å². The summed E-state index contributed by atoms with van der Waals surface area (Å²) >= 11 is 40.5. The molecule has 4 aliphatic heterocycles. The predicted octanol–water partition coefficient (Wildman–Crippen LogP) is 10.3. The summed E-state index contributed by atoms with van der Waals surface area (Å²) in [6.45, 7) is 4.93. The topological polar surface area (TPSA) is 483 Å². The van der Waals surface area contributed by atoms with E-state index < -0.39 is 78.4 Å². The minimum absolute atomic E-state index is 0.0000502. The first kappa shape index (κ1) is 93.1. The molecule has 40 heteroatoms. The molecule has 1 unspecified atom stereocenters. The number of nitrogens with one attached hydrogen (secondary N) is 7. The number of aromatic hydroxyl groups is 1. The molecule has 6 amide bonds. The number of piperidine rings is 1. The van der Waals surface area contributed by atoms with Crippen LogP contribution in [0.4, 0.5) is 0 Å². The van der Waals surface area contributed by atoms with Crippen LogP contribution in [-0.4, -0.2) is 222 Å². The number of benzene rings is 6. The van der Waals surface area contributed by atoms with E-state index in [1.54, 1.807) is 119 Å². The summed E-state index contributed by atoms with van der Waals surface area (Å²) in [7, 11) is 1.55. The number of phenols is 1. The smallest absolute Gasteiger partial charge is 0.328 e. The van der Waals surface area contributed by atoms with Gasteiger partial charge in [0.15, 0.2) is 18.1 Å². The normalized spacial score (nSPS) is 16.0. The van der Waals surface area contributed by atoms with Gasteiger partial charge in [-0.3, -0.25) is 54.4 Å². The van der Waals surface area contributed by atoms with Crippen LogP contribution < -0.4 is 31.9 Å². The number of carboxylic acids is 3. The Labute approximate surface area is 743 Å². The number of aliphatic imine (C=N–C) groups is 2. The Morgan fingerprint density at radius 1 is 0.653 bits per heavy atom. The molecule has 6 atom stereocenters. The van der Waals surface area contributed by atoms with Crippen molar-refractivity contribution in [3.05, 3.63) is 217 Å². The van der Waals surface area contributed by atoms with Crippen LogP contribution >= 0.6 is 80.9 Å². The Bertz CT molecular complexity index is 5640. The third kappa shape index (κ3) is 23.4. The summed E-state index contributed by atoms with van der Waals surface area (Å²) in [6, 6.07) is 24.7. The monoisotopic (exact) mass is 1830 g/mol. The van der Waals surface area contributed by atoms with Gasteiger partial charge in [-0.1, -0.05) is 119 Å². The van der Waals surface area contributed by atoms with Crippen LogP contribution in [0.25, 0.3) is 21.9 Å². The van der Waals surface area contributed by atoms with Crippen LogP contribution in [0.2, 0.25) is 30.1 Å². The Balaban J connectivity index is 0.000000181. The lowest BCUT2D eigenvalue weighted by atomic mass is 9.96. The van der Waals surface area contributed by atoms with Gasteiger partial charge in [-0.2, -0.15) is 15.6 Å². The fourth-order valence-electron chi connectivity index (χ4n) is 14.6. The number of para-hydroxylation sites is 1. The van der Waals surface area contributed by atoms with Gasteiger partial charge in [-0.15, -0.1) is 11.3 Å². The number of amidine groups is 1. The number of methoxy groups -OCH3 is 1. The van der Waals surface area contributed by atoms with Crippen molar-refractivity contribution in [3.8, 4) is 18.1 Å². The quantitative estimate of drug-likeness (QED) is 0.00787. The molecule has 4 aliphatic rings. The summed E-state index contributed by atoms with van der Waals surface area (Å²) in [5.41, 5.74) is 6.63. The fraction of sp³-hybridized carbons (Fsp3) is 0.333. The number of aliphatic carboxylic acids is 3. The van der Waals surface area contributed by atoms with E-state index >= 15 is 0 Å². The number of likely N-dealkylation sites (tertiary alicyclic amines) is 1. The number of β-amino-alcohol motifs (C(OH)–C–C–N with tert-alkyl or cyclic N) is 1. The van der Waals surface area contributed by atoms with Crippen molar-refractivity contribution >= 4 is 168 Å². The molecule has 13 rings (SSSR count). The Hall–Kier alpha value is -11.6. The SMILES string of the molecule is COCCCC(=NC[C@H](NC(=O)c1c(Cl)cc2c(c1Cl)CCN(CCC(O)c1cccc(O)c1)C2)C(=O)O)NC#N.C[C@H]1C[C@@H](O)CN(C(=NC[C@H](NC(=O)c2c(Cl)cc3c(c2Cl)CCN(C(=O)c2cc4ccccc4o2)C3)C(=O)O)NC#N)C1.O=C(NC[C@H](NC(=O)c1c(Cl)cc2c(c1Cl)CCN(C(=O)c1ccc3cn[nH]c3c1)C2)C(=O)O)c1cccs1. The van der Waals surface area contributed by atoms with Gasteiger partial charge >= 0.3 is 17.9 Å². The molecule has 650 valence electrons. The number of carbonyl (C=O) groups excluding carboxylic acids is 6. The van der Waals surface area contributed by atoms with E-state index in [0.29, 0.717) is 135 Å². The number of carboxylic acid groups (broad SMARTS) is 3. The van der Waals surface area contributed by atoms with Gasteiger partial charge in [0, 0.05) is 102 Å². The van der Waals surface area contributed by atoms with Crippen LogP contribution in [0.15, 0.2) is 129 Å². The Kier molecular flexibility index (Phi) is 32.4. The van der Waals surface area contributed by atoms with Gasteiger partial charge in [-0.05, 0) is 149 Å². The van der Waals surface area contributed by atoms with Crippen molar-refractivity contribution in [3.63, 3.8) is 0 Å². The molecule has 7 heterocycles. The largest absolute Gasteiger partial charge is 0.508 e. The number of amides is 6. The maximum absolute atomic E-state index is 13.3. The summed E-state index contributed by atoms with van der Waals surface area (Å²) < 4.78 is 10.7. The number of carbonyl (C=O) groups is 9. The number of ether oxygens (including phenoxy) is 1. The second-order valence-electron chi connectivity index (χ2n) is 29.5. The van der Waals surface area contributed by atoms with Crippen LogP contribution in [0.1, 0.15) is 139 Å². The number of halogens is 6. The fourth-order valence-corrected chi connectivity index (χ4v) is 17.5. The van der Waals surface area contributed by atoms with Gasteiger partial charge in [0.05, 0.1) is 88.7 Å². The number of fused-ring (bicyclic) bond motifs is 5. The van der Waals surface area contributed by atoms with E-state index in [1.807, 2.05) is 31.2 Å². The number of nitrogens with zero attached hydrogens (tertiary/aromatic N) is 9. The number of phenolic OH excluding ortho intramolecular Hbond substituents is 1. The lowest BCUT2D eigenvalue weighted by molar-refractivity contribution is -0.139. The van der Waals surface area contributed by atoms with E-state index in [-0.39, 0.29) is 121 Å². The molecule has 0 saturated carbocycles. The zero-order chi connectivity index (χ0) is 89.2. The van der Waals surface area contributed by atoms with Crippen molar-refractivity contribution in [2.75, 3.05) is 72.6 Å². The molecule has 0 bridgehead atoms. The molecule has 33 nitrogen and oxygen atoms in total. The molecule has 3 aromatic heterocycles. The van der Waals surface area contributed by atoms with Crippen LogP contribution in [0, 0.1) is 28.8 Å². The molecule has 0 spiro atoms. The Morgan fingerprint density at radius 2 is 1.23 bits per heavy atom. The number of H-pyrrole nitrogens is 1. The number of aliphatic hydroxyl groups excluding tert-OH is 2. The van der Waals surface area contributed by atoms with Crippen LogP contribution in [0.3, 0.4) is 0 Å². The first-order valence-electron chi connectivity index (χ1n) is 38.8. The third-order valence-corrected chi connectivity index (χ3v) is 23.8. The number of aromatic amines is 1. The summed E-state index contributed by atoms with van der Waals surface area (Å²) in [6.07, 6.45) is 7.12. The Morgan fingerprint density at radius 3 is 1.80 bits per heavy atom. The van der Waals surface area contributed by atoms with E-state index in [9.17, 15) is 79.1 Å². The average Bonchev–Trinajstić information content (AvgIpc) is 0.975. The van der Waals surface area contributed by atoms with Crippen LogP contribution in [0.5, 0.6) is 5.75 Å². The van der Waals surface area contributed by atoms with Crippen LogP contribution in [-0.2, 0) is 58.0 Å².